The van der Waals surface area contributed by atoms with E-state index in [9.17, 15) is 9.59 Å². The first-order valence-corrected chi connectivity index (χ1v) is 14.5. The molecule has 0 bridgehead atoms. The lowest BCUT2D eigenvalue weighted by Crippen LogP contribution is -2.33. The van der Waals surface area contributed by atoms with Crippen molar-refractivity contribution in [2.45, 2.75) is 26.1 Å². The van der Waals surface area contributed by atoms with Gasteiger partial charge >= 0.3 is 6.03 Å². The number of hydrogen-bond donors (Lipinski definition) is 4. The van der Waals surface area contributed by atoms with Crippen molar-refractivity contribution in [1.29, 1.82) is 0 Å². The lowest BCUT2D eigenvalue weighted by Gasteiger charge is -2.21. The Morgan fingerprint density at radius 2 is 1.68 bits per heavy atom. The molecule has 0 aliphatic rings. The number of benzene rings is 4. The number of nitrogens with zero attached hydrogens (tertiary/aromatic N) is 2. The maximum absolute atomic E-state index is 13.7. The lowest BCUT2D eigenvalue weighted by molar-refractivity contribution is -0.122. The van der Waals surface area contributed by atoms with Crippen LogP contribution in [0.15, 0.2) is 109 Å². The van der Waals surface area contributed by atoms with E-state index in [0.717, 1.165) is 33.2 Å². The first-order chi connectivity index (χ1) is 21.4. The lowest BCUT2D eigenvalue weighted by atomic mass is 10.0. The van der Waals surface area contributed by atoms with Crippen LogP contribution in [0, 0.1) is 0 Å². The number of anilines is 3. The van der Waals surface area contributed by atoms with Crippen LogP contribution in [0.5, 0.6) is 5.75 Å². The second kappa shape index (κ2) is 14.1. The summed E-state index contributed by atoms with van der Waals surface area (Å²) >= 11 is 0. The average molecular weight is 589 g/mol. The molecule has 44 heavy (non-hydrogen) atoms. The molecule has 9 nitrogen and oxygen atoms in total. The number of amides is 3. The van der Waals surface area contributed by atoms with E-state index in [0.29, 0.717) is 30.4 Å². The fourth-order valence-electron chi connectivity index (χ4n) is 4.91. The molecule has 9 heteroatoms. The molecule has 4 aromatic carbocycles. The van der Waals surface area contributed by atoms with Crippen molar-refractivity contribution in [3.63, 3.8) is 0 Å². The fraction of sp³-hybridized carbons (Fsp3) is 0.171. The van der Waals surface area contributed by atoms with Crippen molar-refractivity contribution in [1.82, 2.24) is 15.2 Å². The smallest absolute Gasteiger partial charge is 0.321 e. The molecule has 224 valence electrons. The number of nitrogens with two attached hydrogens (primary N) is 1. The highest BCUT2D eigenvalue weighted by Crippen LogP contribution is 2.27. The molecule has 0 saturated carbocycles. The van der Waals surface area contributed by atoms with Gasteiger partial charge in [0.05, 0.1) is 6.61 Å². The molecule has 0 saturated heterocycles. The molecular formula is C35H36N6O3. The predicted octanol–water partition coefficient (Wildman–Crippen LogP) is 6.35. The zero-order valence-electron chi connectivity index (χ0n) is 24.8. The van der Waals surface area contributed by atoms with Crippen LogP contribution in [0.3, 0.4) is 0 Å². The van der Waals surface area contributed by atoms with Gasteiger partial charge in [-0.25, -0.2) is 9.78 Å². The molecule has 1 aromatic heterocycles. The Labute approximate surface area is 257 Å². The second-order valence-corrected chi connectivity index (χ2v) is 10.4. The fourth-order valence-corrected chi connectivity index (χ4v) is 4.91. The third-order valence-electron chi connectivity index (χ3n) is 7.13. The zero-order chi connectivity index (χ0) is 30.9. The predicted molar refractivity (Wildman–Crippen MR) is 175 cm³/mol. The third kappa shape index (κ3) is 7.63. The van der Waals surface area contributed by atoms with Gasteiger partial charge in [-0.2, -0.15) is 0 Å². The van der Waals surface area contributed by atoms with Crippen LogP contribution in [0.25, 0.3) is 10.8 Å². The summed E-state index contributed by atoms with van der Waals surface area (Å²) in [5.41, 5.74) is 10.1. The molecule has 0 spiro atoms. The van der Waals surface area contributed by atoms with Gasteiger partial charge in [-0.3, -0.25) is 4.79 Å². The van der Waals surface area contributed by atoms with Gasteiger partial charge in [0.2, 0.25) is 5.91 Å². The number of pyridine rings is 1. The summed E-state index contributed by atoms with van der Waals surface area (Å²) in [5.74, 6) is 0.918. The number of hydrogen-bond acceptors (Lipinski definition) is 6. The van der Waals surface area contributed by atoms with Crippen LogP contribution < -0.4 is 26.4 Å². The number of nitrogens with one attached hydrogen (secondary N) is 3. The van der Waals surface area contributed by atoms with Gasteiger partial charge in [0.15, 0.2) is 0 Å². The molecular weight excluding hydrogens is 552 g/mol. The van der Waals surface area contributed by atoms with E-state index in [1.165, 1.54) is 0 Å². The number of ether oxygens (including phenoxy) is 1. The average Bonchev–Trinajstić information content (AvgIpc) is 3.03. The highest BCUT2D eigenvalue weighted by atomic mass is 16.5. The molecule has 3 amide bonds. The monoisotopic (exact) mass is 588 g/mol. The molecule has 0 fully saturated rings. The van der Waals surface area contributed by atoms with E-state index < -0.39 is 6.04 Å². The van der Waals surface area contributed by atoms with Gasteiger partial charge in [0.1, 0.15) is 17.6 Å². The van der Waals surface area contributed by atoms with Gasteiger partial charge in [0, 0.05) is 43.1 Å². The standard InChI is InChI=1S/C35H36N6O3/c1-3-44-30-14-8-12-27(21-30)32(39-29-15-16-31-26(20-29)17-18-37-33(31)36)34(42)38-22-25-11-7-13-28(19-25)40-35(43)41(2)23-24-9-5-4-6-10-24/h4-21,32,39H,3,22-23H2,1-2H3,(H2,36,37)(H,38,42)(H,40,43). The SMILES string of the molecule is CCOc1cccc(C(Nc2ccc3c(N)nccc3c2)C(=O)NCc2cccc(NC(=O)N(C)Cc3ccccc3)c2)c1. The van der Waals surface area contributed by atoms with Crippen molar-refractivity contribution in [2.24, 2.45) is 0 Å². The van der Waals surface area contributed by atoms with E-state index >= 15 is 0 Å². The van der Waals surface area contributed by atoms with Crippen molar-refractivity contribution < 1.29 is 14.3 Å². The van der Waals surface area contributed by atoms with Gasteiger partial charge < -0.3 is 31.3 Å². The largest absolute Gasteiger partial charge is 0.494 e. The molecule has 5 N–H and O–H groups in total. The van der Waals surface area contributed by atoms with Crippen LogP contribution in [0.2, 0.25) is 0 Å². The molecule has 1 heterocycles. The van der Waals surface area contributed by atoms with E-state index in [4.69, 9.17) is 10.5 Å². The molecule has 0 radical (unpaired) electrons. The molecule has 5 rings (SSSR count). The molecule has 1 unspecified atom stereocenters. The Balaban J connectivity index is 1.29. The quantitative estimate of drug-likeness (QED) is 0.143. The first kappa shape index (κ1) is 29.9. The van der Waals surface area contributed by atoms with E-state index in [1.807, 2.05) is 110 Å². The highest BCUT2D eigenvalue weighted by Gasteiger charge is 2.22. The van der Waals surface area contributed by atoms with Crippen molar-refractivity contribution in [2.75, 3.05) is 30.0 Å². The maximum Gasteiger partial charge on any atom is 0.321 e. The summed E-state index contributed by atoms with van der Waals surface area (Å²) in [5, 5.41) is 11.1. The van der Waals surface area contributed by atoms with Gasteiger partial charge in [-0.05, 0) is 77.5 Å². The Hall–Kier alpha value is -5.57. The number of nitrogen functional groups attached to an aromatic ring is 1. The summed E-state index contributed by atoms with van der Waals surface area (Å²) in [6, 6.07) is 31.4. The van der Waals surface area contributed by atoms with E-state index in [-0.39, 0.29) is 18.5 Å². The summed E-state index contributed by atoms with van der Waals surface area (Å²) in [6.07, 6.45) is 1.66. The van der Waals surface area contributed by atoms with Crippen LogP contribution in [-0.4, -0.2) is 35.5 Å². The number of rotatable bonds is 11. The number of carbonyl (C=O) groups excluding carboxylic acids is 2. The van der Waals surface area contributed by atoms with Gasteiger partial charge in [-0.15, -0.1) is 0 Å². The van der Waals surface area contributed by atoms with Gasteiger partial charge in [0.25, 0.3) is 0 Å². The third-order valence-corrected chi connectivity index (χ3v) is 7.13. The van der Waals surface area contributed by atoms with Gasteiger partial charge in [-0.1, -0.05) is 54.6 Å². The van der Waals surface area contributed by atoms with Crippen molar-refractivity contribution >= 4 is 39.9 Å². The molecule has 5 aromatic rings. The minimum absolute atomic E-state index is 0.218. The Kier molecular flexibility index (Phi) is 9.56. The summed E-state index contributed by atoms with van der Waals surface area (Å²) < 4.78 is 5.70. The van der Waals surface area contributed by atoms with Crippen LogP contribution >= 0.6 is 0 Å². The number of fused-ring (bicyclic) bond motifs is 1. The van der Waals surface area contributed by atoms with E-state index in [1.54, 1.807) is 18.1 Å². The molecule has 1 atom stereocenters. The van der Waals surface area contributed by atoms with Crippen LogP contribution in [0.4, 0.5) is 22.0 Å². The first-order valence-electron chi connectivity index (χ1n) is 14.5. The maximum atomic E-state index is 13.7. The Bertz CT molecular complexity index is 1740. The van der Waals surface area contributed by atoms with Crippen molar-refractivity contribution in [3.05, 3.63) is 126 Å². The minimum atomic E-state index is -0.707. The topological polar surface area (TPSA) is 122 Å². The Morgan fingerprint density at radius 1 is 0.886 bits per heavy atom. The number of urea groups is 1. The number of aromatic nitrogens is 1. The second-order valence-electron chi connectivity index (χ2n) is 10.4. The van der Waals surface area contributed by atoms with Crippen LogP contribution in [-0.2, 0) is 17.9 Å². The molecule has 0 aliphatic carbocycles. The zero-order valence-corrected chi connectivity index (χ0v) is 24.8. The summed E-state index contributed by atoms with van der Waals surface area (Å²) in [4.78, 5) is 32.3. The molecule has 0 aliphatic heterocycles. The summed E-state index contributed by atoms with van der Waals surface area (Å²) in [7, 11) is 1.75. The van der Waals surface area contributed by atoms with E-state index in [2.05, 4.69) is 20.9 Å². The van der Waals surface area contributed by atoms with Crippen molar-refractivity contribution in [3.8, 4) is 5.75 Å². The highest BCUT2D eigenvalue weighted by molar-refractivity contribution is 5.94. The minimum Gasteiger partial charge on any atom is -0.494 e. The normalized spacial score (nSPS) is 11.4. The Morgan fingerprint density at radius 3 is 2.50 bits per heavy atom. The summed E-state index contributed by atoms with van der Waals surface area (Å²) in [6.45, 7) is 3.19. The number of carbonyl (C=O) groups is 2. The van der Waals surface area contributed by atoms with Crippen LogP contribution in [0.1, 0.15) is 29.7 Å².